The lowest BCUT2D eigenvalue weighted by atomic mass is 9.72. The second-order valence-electron chi connectivity index (χ2n) is 8.34. The van der Waals surface area contributed by atoms with Crippen molar-refractivity contribution in [2.75, 3.05) is 0 Å². The molecule has 0 unspecified atom stereocenters. The van der Waals surface area contributed by atoms with E-state index in [0.717, 1.165) is 35.4 Å². The van der Waals surface area contributed by atoms with Gasteiger partial charge in [-0.15, -0.1) is 0 Å². The lowest BCUT2D eigenvalue weighted by Gasteiger charge is -2.36. The van der Waals surface area contributed by atoms with E-state index in [0.29, 0.717) is 17.6 Å². The van der Waals surface area contributed by atoms with E-state index in [1.165, 1.54) is 0 Å². The Hall–Kier alpha value is -3.21. The first-order valence-electron chi connectivity index (χ1n) is 10.9. The number of dihydropyridines is 1. The third-order valence-corrected chi connectivity index (χ3v) is 6.22. The number of Topliss-reactive ketones (excluding diaryl/α,β-unsaturated/α-hetero) is 1. The molecule has 0 saturated carbocycles. The maximum absolute atomic E-state index is 13.5. The fourth-order valence-electron chi connectivity index (χ4n) is 4.48. The van der Waals surface area contributed by atoms with Crippen molar-refractivity contribution in [1.29, 1.82) is 0 Å². The monoisotopic (exact) mass is 416 g/mol. The maximum atomic E-state index is 13.5. The molecule has 0 fully saturated rings. The normalized spacial score (nSPS) is 22.0. The lowest BCUT2D eigenvalue weighted by molar-refractivity contribution is -0.144. The molecule has 0 saturated heterocycles. The predicted molar refractivity (Wildman–Crippen MR) is 119 cm³/mol. The molecule has 2 aliphatic rings. The van der Waals surface area contributed by atoms with Gasteiger partial charge in [0.2, 0.25) is 0 Å². The molecule has 1 aliphatic carbocycles. The number of nitrogens with one attached hydrogen (secondary N) is 1. The molecule has 1 aliphatic heterocycles. The van der Waals surface area contributed by atoms with Crippen molar-refractivity contribution in [2.45, 2.75) is 58.0 Å². The van der Waals surface area contributed by atoms with Gasteiger partial charge < -0.3 is 10.1 Å². The van der Waals surface area contributed by atoms with Gasteiger partial charge in [0, 0.05) is 41.7 Å². The molecule has 3 atom stereocenters. The van der Waals surface area contributed by atoms with Gasteiger partial charge in [-0.2, -0.15) is 0 Å². The summed E-state index contributed by atoms with van der Waals surface area (Å²) in [5.41, 5.74) is 4.80. The standard InChI is InChI=1S/C26H28N2O3/c1-4-16(2)31-26(30)23-17(3)28-21-13-20(18-9-6-5-7-10-18)14-22(29)25(21)24(23)19-11-8-12-27-15-19/h5-12,15-16,20,24,28H,4,13-14H2,1-3H3/t16-,20-,24-/m1/s1. The Morgan fingerprint density at radius 1 is 1.16 bits per heavy atom. The average Bonchev–Trinajstić information content (AvgIpc) is 2.79. The number of allylic oxidation sites excluding steroid dienone is 3. The van der Waals surface area contributed by atoms with E-state index >= 15 is 0 Å². The van der Waals surface area contributed by atoms with Crippen LogP contribution in [0.2, 0.25) is 0 Å². The van der Waals surface area contributed by atoms with Crippen LogP contribution in [0.15, 0.2) is 77.4 Å². The van der Waals surface area contributed by atoms with E-state index in [4.69, 9.17) is 4.74 Å². The van der Waals surface area contributed by atoms with Crippen LogP contribution in [-0.2, 0) is 14.3 Å². The van der Waals surface area contributed by atoms with Gasteiger partial charge in [-0.25, -0.2) is 4.79 Å². The number of nitrogens with zero attached hydrogens (tertiary/aromatic N) is 1. The molecule has 2 aromatic rings. The summed E-state index contributed by atoms with van der Waals surface area (Å²) in [6.07, 6.45) is 5.13. The summed E-state index contributed by atoms with van der Waals surface area (Å²) in [4.78, 5) is 30.9. The van der Waals surface area contributed by atoms with E-state index in [2.05, 4.69) is 22.4 Å². The molecule has 5 nitrogen and oxygen atoms in total. The number of carbonyl (C=O) groups is 2. The molecule has 4 rings (SSSR count). The zero-order valence-corrected chi connectivity index (χ0v) is 18.2. The van der Waals surface area contributed by atoms with Gasteiger partial charge in [-0.3, -0.25) is 9.78 Å². The van der Waals surface area contributed by atoms with Crippen LogP contribution in [-0.4, -0.2) is 22.8 Å². The third-order valence-electron chi connectivity index (χ3n) is 6.22. The Bertz CT molecular complexity index is 1040. The zero-order valence-electron chi connectivity index (χ0n) is 18.2. The summed E-state index contributed by atoms with van der Waals surface area (Å²) in [5.74, 6) is -0.655. The number of pyridine rings is 1. The van der Waals surface area contributed by atoms with Crippen LogP contribution in [0, 0.1) is 0 Å². The minimum absolute atomic E-state index is 0.0674. The second-order valence-corrected chi connectivity index (χ2v) is 8.34. The van der Waals surface area contributed by atoms with Crippen LogP contribution in [0.25, 0.3) is 0 Å². The van der Waals surface area contributed by atoms with E-state index in [1.807, 2.05) is 51.1 Å². The fourth-order valence-corrected chi connectivity index (χ4v) is 4.48. The molecular formula is C26H28N2O3. The quantitative estimate of drug-likeness (QED) is 0.710. The van der Waals surface area contributed by atoms with E-state index in [-0.39, 0.29) is 23.8 Å². The second kappa shape index (κ2) is 8.88. The number of hydrogen-bond acceptors (Lipinski definition) is 5. The summed E-state index contributed by atoms with van der Waals surface area (Å²) >= 11 is 0. The van der Waals surface area contributed by atoms with E-state index in [1.54, 1.807) is 12.4 Å². The minimum Gasteiger partial charge on any atom is -0.459 e. The van der Waals surface area contributed by atoms with Gasteiger partial charge >= 0.3 is 5.97 Å². The summed E-state index contributed by atoms with van der Waals surface area (Å²) in [5, 5.41) is 3.39. The van der Waals surface area contributed by atoms with Crippen molar-refractivity contribution in [2.24, 2.45) is 0 Å². The van der Waals surface area contributed by atoms with Gasteiger partial charge in [-0.05, 0) is 49.8 Å². The molecule has 0 radical (unpaired) electrons. The van der Waals surface area contributed by atoms with Gasteiger partial charge in [0.25, 0.3) is 0 Å². The fraction of sp³-hybridized carbons (Fsp3) is 0.346. The average molecular weight is 417 g/mol. The van der Waals surface area contributed by atoms with Crippen LogP contribution in [0.5, 0.6) is 0 Å². The first-order chi connectivity index (χ1) is 15.0. The molecule has 160 valence electrons. The van der Waals surface area contributed by atoms with Crippen LogP contribution in [0.1, 0.15) is 63.0 Å². The Balaban J connectivity index is 1.76. The van der Waals surface area contributed by atoms with Crippen LogP contribution >= 0.6 is 0 Å². The predicted octanol–water partition coefficient (Wildman–Crippen LogP) is 4.78. The molecular weight excluding hydrogens is 388 g/mol. The summed E-state index contributed by atoms with van der Waals surface area (Å²) in [6, 6.07) is 13.9. The van der Waals surface area contributed by atoms with Crippen molar-refractivity contribution < 1.29 is 14.3 Å². The summed E-state index contributed by atoms with van der Waals surface area (Å²) < 4.78 is 5.68. The third kappa shape index (κ3) is 4.18. The van der Waals surface area contributed by atoms with Gasteiger partial charge in [0.1, 0.15) is 0 Å². The van der Waals surface area contributed by atoms with Gasteiger partial charge in [-0.1, -0.05) is 43.3 Å². The Morgan fingerprint density at radius 2 is 1.90 bits per heavy atom. The van der Waals surface area contributed by atoms with E-state index < -0.39 is 5.92 Å². The maximum Gasteiger partial charge on any atom is 0.337 e. The van der Waals surface area contributed by atoms with Crippen LogP contribution in [0.4, 0.5) is 0 Å². The van der Waals surface area contributed by atoms with E-state index in [9.17, 15) is 9.59 Å². The molecule has 2 heterocycles. The lowest BCUT2D eigenvalue weighted by Crippen LogP contribution is -2.36. The first kappa shape index (κ1) is 21.0. The highest BCUT2D eigenvalue weighted by Crippen LogP contribution is 2.45. The molecule has 1 N–H and O–H groups in total. The molecule has 0 bridgehead atoms. The number of esters is 1. The Labute approximate surface area is 183 Å². The summed E-state index contributed by atoms with van der Waals surface area (Å²) in [6.45, 7) is 5.74. The molecule has 0 spiro atoms. The van der Waals surface area contributed by atoms with Crippen LogP contribution in [0.3, 0.4) is 0 Å². The van der Waals surface area contributed by atoms with Crippen molar-refractivity contribution in [3.63, 3.8) is 0 Å². The topological polar surface area (TPSA) is 68.3 Å². The van der Waals surface area contributed by atoms with Crippen molar-refractivity contribution >= 4 is 11.8 Å². The molecule has 31 heavy (non-hydrogen) atoms. The van der Waals surface area contributed by atoms with Crippen molar-refractivity contribution in [1.82, 2.24) is 10.3 Å². The zero-order chi connectivity index (χ0) is 22.0. The number of ketones is 1. The first-order valence-corrected chi connectivity index (χ1v) is 10.9. The van der Waals surface area contributed by atoms with Crippen LogP contribution < -0.4 is 5.32 Å². The minimum atomic E-state index is -0.467. The number of ether oxygens (including phenoxy) is 1. The Morgan fingerprint density at radius 3 is 2.58 bits per heavy atom. The summed E-state index contributed by atoms with van der Waals surface area (Å²) in [7, 11) is 0. The number of carbonyl (C=O) groups excluding carboxylic acids is 2. The van der Waals surface area contributed by atoms with Crippen molar-refractivity contribution in [3.8, 4) is 0 Å². The molecule has 0 amide bonds. The SMILES string of the molecule is CC[C@@H](C)OC(=O)C1=C(C)NC2=C(C(=O)C[C@H](c3ccccc3)C2)[C@@H]1c1cccnc1. The highest BCUT2D eigenvalue weighted by Gasteiger charge is 2.41. The van der Waals surface area contributed by atoms with Crippen molar-refractivity contribution in [3.05, 3.63) is 88.5 Å². The number of benzene rings is 1. The molecule has 1 aromatic carbocycles. The number of hydrogen-bond donors (Lipinski definition) is 1. The molecule has 1 aromatic heterocycles. The Kier molecular flexibility index (Phi) is 6.03. The smallest absolute Gasteiger partial charge is 0.337 e. The number of aromatic nitrogens is 1. The largest absolute Gasteiger partial charge is 0.459 e. The van der Waals surface area contributed by atoms with Gasteiger partial charge in [0.15, 0.2) is 5.78 Å². The number of rotatable bonds is 5. The van der Waals surface area contributed by atoms with Gasteiger partial charge in [0.05, 0.1) is 11.7 Å². The molecule has 5 heteroatoms. The highest BCUT2D eigenvalue weighted by molar-refractivity contribution is 6.04. The highest BCUT2D eigenvalue weighted by atomic mass is 16.5.